The van der Waals surface area contributed by atoms with Crippen molar-refractivity contribution in [2.75, 3.05) is 26.2 Å². The number of hydrogen-bond acceptors (Lipinski definition) is 3. The van der Waals surface area contributed by atoms with Crippen LogP contribution in [0.4, 0.5) is 0 Å². The monoisotopic (exact) mass is 256 g/mol. The van der Waals surface area contributed by atoms with E-state index in [-0.39, 0.29) is 0 Å². The summed E-state index contributed by atoms with van der Waals surface area (Å²) in [5.74, 6) is 0. The van der Waals surface area contributed by atoms with Crippen LogP contribution in [0.3, 0.4) is 0 Å². The zero-order chi connectivity index (χ0) is 13.8. The first-order chi connectivity index (χ1) is 8.38. The summed E-state index contributed by atoms with van der Waals surface area (Å²) >= 11 is 0. The fraction of sp³-hybridized carbons (Fsp3) is 1.00. The van der Waals surface area contributed by atoms with E-state index >= 15 is 0 Å². The van der Waals surface area contributed by atoms with Crippen molar-refractivity contribution in [1.82, 2.24) is 10.2 Å². The third-order valence-corrected chi connectivity index (χ3v) is 3.97. The maximum Gasteiger partial charge on any atom is 0.0674 e. The summed E-state index contributed by atoms with van der Waals surface area (Å²) in [6, 6.07) is 1.13. The lowest BCUT2D eigenvalue weighted by molar-refractivity contribution is -0.0621. The summed E-state index contributed by atoms with van der Waals surface area (Å²) in [5.41, 5.74) is 0.301. The fourth-order valence-electron chi connectivity index (χ4n) is 2.64. The van der Waals surface area contributed by atoms with Gasteiger partial charge < -0.3 is 10.1 Å². The third kappa shape index (κ3) is 4.52. The summed E-state index contributed by atoms with van der Waals surface area (Å²) in [6.45, 7) is 17.7. The van der Waals surface area contributed by atoms with Crippen LogP contribution in [0.15, 0.2) is 0 Å². The molecule has 1 rings (SSSR count). The van der Waals surface area contributed by atoms with E-state index in [0.29, 0.717) is 23.6 Å². The van der Waals surface area contributed by atoms with Crippen molar-refractivity contribution in [3.05, 3.63) is 0 Å². The molecule has 1 heterocycles. The van der Waals surface area contributed by atoms with Crippen molar-refractivity contribution in [2.45, 2.75) is 66.2 Å². The molecule has 0 saturated carbocycles. The van der Waals surface area contributed by atoms with Crippen molar-refractivity contribution < 1.29 is 4.74 Å². The van der Waals surface area contributed by atoms with Gasteiger partial charge in [-0.25, -0.2) is 0 Å². The Morgan fingerprint density at radius 1 is 1.33 bits per heavy atom. The Morgan fingerprint density at radius 2 is 2.00 bits per heavy atom. The van der Waals surface area contributed by atoms with Gasteiger partial charge in [0.1, 0.15) is 0 Å². The molecule has 1 saturated heterocycles. The standard InChI is InChI=1S/C15H32N2O/c1-7-13-11-18-12(3)9-17(13)10-14(16-8-2)15(4,5)6/h12-14,16H,7-11H2,1-6H3. The molecule has 0 spiro atoms. The minimum absolute atomic E-state index is 0.301. The minimum Gasteiger partial charge on any atom is -0.376 e. The van der Waals surface area contributed by atoms with Gasteiger partial charge in [0.25, 0.3) is 0 Å². The molecular weight excluding hydrogens is 224 g/mol. The van der Waals surface area contributed by atoms with Gasteiger partial charge in [-0.1, -0.05) is 34.6 Å². The molecule has 3 atom stereocenters. The second-order valence-electron chi connectivity index (χ2n) is 6.64. The van der Waals surface area contributed by atoms with Crippen molar-refractivity contribution in [1.29, 1.82) is 0 Å². The largest absolute Gasteiger partial charge is 0.376 e. The van der Waals surface area contributed by atoms with E-state index < -0.39 is 0 Å². The summed E-state index contributed by atoms with van der Waals surface area (Å²) < 4.78 is 5.78. The molecule has 0 aromatic rings. The van der Waals surface area contributed by atoms with Gasteiger partial charge in [-0.15, -0.1) is 0 Å². The molecular formula is C15H32N2O. The molecule has 108 valence electrons. The van der Waals surface area contributed by atoms with Crippen LogP contribution in [0.5, 0.6) is 0 Å². The average Bonchev–Trinajstić information content (AvgIpc) is 2.27. The second kappa shape index (κ2) is 6.88. The van der Waals surface area contributed by atoms with E-state index in [1.165, 1.54) is 6.42 Å². The van der Waals surface area contributed by atoms with Gasteiger partial charge in [0.15, 0.2) is 0 Å². The molecule has 0 bridgehead atoms. The van der Waals surface area contributed by atoms with Gasteiger partial charge in [-0.3, -0.25) is 4.90 Å². The lowest BCUT2D eigenvalue weighted by Gasteiger charge is -2.43. The maximum absolute atomic E-state index is 5.78. The van der Waals surface area contributed by atoms with Crippen LogP contribution in [-0.4, -0.2) is 49.3 Å². The van der Waals surface area contributed by atoms with Gasteiger partial charge in [-0.05, 0) is 25.3 Å². The number of likely N-dealkylation sites (N-methyl/N-ethyl adjacent to an activating group) is 1. The molecule has 0 aliphatic carbocycles. The van der Waals surface area contributed by atoms with Crippen LogP contribution in [0.25, 0.3) is 0 Å². The molecule has 18 heavy (non-hydrogen) atoms. The smallest absolute Gasteiger partial charge is 0.0674 e. The third-order valence-electron chi connectivity index (χ3n) is 3.97. The van der Waals surface area contributed by atoms with Crippen molar-refractivity contribution in [3.63, 3.8) is 0 Å². The van der Waals surface area contributed by atoms with E-state index in [2.05, 4.69) is 51.8 Å². The Balaban J connectivity index is 2.65. The number of ether oxygens (including phenoxy) is 1. The van der Waals surface area contributed by atoms with Crippen LogP contribution >= 0.6 is 0 Å². The average molecular weight is 256 g/mol. The van der Waals surface area contributed by atoms with E-state index in [1.54, 1.807) is 0 Å². The Morgan fingerprint density at radius 3 is 2.50 bits per heavy atom. The Hall–Kier alpha value is -0.120. The van der Waals surface area contributed by atoms with Crippen LogP contribution < -0.4 is 5.32 Å². The highest BCUT2D eigenvalue weighted by molar-refractivity contribution is 4.87. The number of hydrogen-bond donors (Lipinski definition) is 1. The lowest BCUT2D eigenvalue weighted by atomic mass is 9.86. The number of rotatable bonds is 5. The maximum atomic E-state index is 5.78. The van der Waals surface area contributed by atoms with Crippen molar-refractivity contribution in [2.24, 2.45) is 5.41 Å². The first kappa shape index (κ1) is 15.9. The lowest BCUT2D eigenvalue weighted by Crippen LogP contribution is -2.56. The zero-order valence-corrected chi connectivity index (χ0v) is 13.1. The van der Waals surface area contributed by atoms with Gasteiger partial charge in [0, 0.05) is 25.2 Å². The second-order valence-corrected chi connectivity index (χ2v) is 6.64. The summed E-state index contributed by atoms with van der Waals surface area (Å²) in [7, 11) is 0. The molecule has 1 N–H and O–H groups in total. The molecule has 1 aliphatic heterocycles. The van der Waals surface area contributed by atoms with E-state index in [4.69, 9.17) is 4.74 Å². The normalized spacial score (nSPS) is 28.3. The SMILES string of the molecule is CCNC(CN1CC(C)OCC1CC)C(C)(C)C. The van der Waals surface area contributed by atoms with Gasteiger partial charge in [-0.2, -0.15) is 0 Å². The van der Waals surface area contributed by atoms with E-state index in [9.17, 15) is 0 Å². The van der Waals surface area contributed by atoms with Crippen molar-refractivity contribution in [3.8, 4) is 0 Å². The van der Waals surface area contributed by atoms with Gasteiger partial charge in [0.2, 0.25) is 0 Å². The highest BCUT2D eigenvalue weighted by atomic mass is 16.5. The first-order valence-corrected chi connectivity index (χ1v) is 7.47. The zero-order valence-electron chi connectivity index (χ0n) is 13.1. The Bertz CT molecular complexity index is 237. The first-order valence-electron chi connectivity index (χ1n) is 7.47. The highest BCUT2D eigenvalue weighted by Crippen LogP contribution is 2.23. The highest BCUT2D eigenvalue weighted by Gasteiger charge is 2.31. The molecule has 0 radical (unpaired) electrons. The predicted octanol–water partition coefficient (Wildman–Crippen LogP) is 2.51. The predicted molar refractivity (Wildman–Crippen MR) is 78.0 cm³/mol. The van der Waals surface area contributed by atoms with Gasteiger partial charge in [0.05, 0.1) is 12.7 Å². The molecule has 1 aliphatic rings. The number of morpholine rings is 1. The summed E-state index contributed by atoms with van der Waals surface area (Å²) in [6.07, 6.45) is 1.55. The van der Waals surface area contributed by atoms with Crippen LogP contribution in [-0.2, 0) is 4.74 Å². The molecule has 3 unspecified atom stereocenters. The van der Waals surface area contributed by atoms with E-state index in [1.807, 2.05) is 0 Å². The number of nitrogens with one attached hydrogen (secondary N) is 1. The molecule has 3 heteroatoms. The molecule has 0 aromatic heterocycles. The molecule has 3 nitrogen and oxygen atoms in total. The van der Waals surface area contributed by atoms with Crippen molar-refractivity contribution >= 4 is 0 Å². The van der Waals surface area contributed by atoms with Crippen LogP contribution in [0.1, 0.15) is 48.0 Å². The Kier molecular flexibility index (Phi) is 6.09. The number of nitrogens with zero attached hydrogens (tertiary/aromatic N) is 1. The minimum atomic E-state index is 0.301. The van der Waals surface area contributed by atoms with Gasteiger partial charge >= 0.3 is 0 Å². The molecule has 1 fully saturated rings. The summed E-state index contributed by atoms with van der Waals surface area (Å²) in [5, 5.41) is 3.65. The van der Waals surface area contributed by atoms with E-state index in [0.717, 1.165) is 26.2 Å². The molecule has 0 aromatic carbocycles. The van der Waals surface area contributed by atoms with Crippen LogP contribution in [0.2, 0.25) is 0 Å². The fourth-order valence-corrected chi connectivity index (χ4v) is 2.64. The Labute approximate surface area is 113 Å². The summed E-state index contributed by atoms with van der Waals surface area (Å²) in [4.78, 5) is 2.62. The topological polar surface area (TPSA) is 24.5 Å². The molecule has 0 amide bonds. The quantitative estimate of drug-likeness (QED) is 0.818. The van der Waals surface area contributed by atoms with Crippen LogP contribution in [0, 0.1) is 5.41 Å².